The van der Waals surface area contributed by atoms with E-state index in [1.807, 2.05) is 13.8 Å². The van der Waals surface area contributed by atoms with E-state index < -0.39 is 0 Å². The van der Waals surface area contributed by atoms with Gasteiger partial charge in [0.1, 0.15) is 0 Å². The number of rotatable bonds is 5. The van der Waals surface area contributed by atoms with Crippen LogP contribution in [-0.2, 0) is 6.42 Å². The van der Waals surface area contributed by atoms with Gasteiger partial charge in [0, 0.05) is 0 Å². The number of benzene rings is 1. The van der Waals surface area contributed by atoms with Crippen LogP contribution in [-0.4, -0.2) is 20.2 Å². The first-order chi connectivity index (χ1) is 9.09. The van der Waals surface area contributed by atoms with Crippen molar-refractivity contribution in [1.29, 1.82) is 0 Å². The third-order valence-corrected chi connectivity index (χ3v) is 3.63. The molecule has 1 aromatic carbocycles. The van der Waals surface area contributed by atoms with E-state index in [-0.39, 0.29) is 11.4 Å². The molecule has 2 aromatic rings. The number of tetrazole rings is 1. The summed E-state index contributed by atoms with van der Waals surface area (Å²) in [6, 6.07) is 8.60. The number of aryl methyl sites for hydroxylation is 2. The van der Waals surface area contributed by atoms with Crippen molar-refractivity contribution in [3.8, 4) is 0 Å². The van der Waals surface area contributed by atoms with E-state index in [0.717, 1.165) is 18.7 Å². The van der Waals surface area contributed by atoms with Crippen LogP contribution in [0, 0.1) is 6.92 Å². The lowest BCUT2D eigenvalue weighted by Gasteiger charge is -2.12. The Kier molecular flexibility index (Phi) is 4.53. The van der Waals surface area contributed by atoms with Crippen molar-refractivity contribution >= 4 is 11.6 Å². The highest BCUT2D eigenvalue weighted by Gasteiger charge is 2.18. The van der Waals surface area contributed by atoms with Crippen molar-refractivity contribution in [3.05, 3.63) is 41.2 Å². The fourth-order valence-corrected chi connectivity index (χ4v) is 2.33. The predicted octanol–water partition coefficient (Wildman–Crippen LogP) is 3.48. The van der Waals surface area contributed by atoms with E-state index in [9.17, 15) is 0 Å². The van der Waals surface area contributed by atoms with E-state index in [1.165, 1.54) is 11.1 Å². The maximum absolute atomic E-state index is 6.44. The fraction of sp³-hybridized carbons (Fsp3) is 0.500. The molecule has 0 spiro atoms. The maximum Gasteiger partial charge on any atom is 0.169 e. The third kappa shape index (κ3) is 3.32. The van der Waals surface area contributed by atoms with Crippen LogP contribution in [0.3, 0.4) is 0 Å². The molecule has 19 heavy (non-hydrogen) atoms. The first-order valence-corrected chi connectivity index (χ1v) is 6.99. The van der Waals surface area contributed by atoms with Crippen molar-refractivity contribution in [2.75, 3.05) is 0 Å². The summed E-state index contributed by atoms with van der Waals surface area (Å²) in [7, 11) is 0. The summed E-state index contributed by atoms with van der Waals surface area (Å²) in [5.41, 5.74) is 2.63. The molecular weight excluding hydrogens is 260 g/mol. The van der Waals surface area contributed by atoms with Crippen molar-refractivity contribution in [3.63, 3.8) is 0 Å². The van der Waals surface area contributed by atoms with Gasteiger partial charge >= 0.3 is 0 Å². The fourth-order valence-electron chi connectivity index (χ4n) is 2.08. The molecule has 5 heteroatoms. The highest BCUT2D eigenvalue weighted by atomic mass is 35.5. The Balaban J connectivity index is 2.04. The van der Waals surface area contributed by atoms with Crippen LogP contribution in [0.4, 0.5) is 0 Å². The van der Waals surface area contributed by atoms with Crippen LogP contribution in [0.2, 0.25) is 0 Å². The lowest BCUT2D eigenvalue weighted by Crippen LogP contribution is -2.10. The average Bonchev–Trinajstić information content (AvgIpc) is 2.87. The van der Waals surface area contributed by atoms with E-state index >= 15 is 0 Å². The Labute approximate surface area is 118 Å². The molecule has 1 unspecified atom stereocenters. The predicted molar refractivity (Wildman–Crippen MR) is 76.3 cm³/mol. The van der Waals surface area contributed by atoms with Crippen molar-refractivity contribution in [2.24, 2.45) is 0 Å². The molecule has 4 nitrogen and oxygen atoms in total. The molecule has 102 valence electrons. The topological polar surface area (TPSA) is 43.6 Å². The van der Waals surface area contributed by atoms with Crippen LogP contribution in [0.25, 0.3) is 0 Å². The highest BCUT2D eigenvalue weighted by molar-refractivity contribution is 6.20. The number of hydrogen-bond acceptors (Lipinski definition) is 3. The van der Waals surface area contributed by atoms with Gasteiger partial charge in [-0.15, -0.1) is 16.7 Å². The summed E-state index contributed by atoms with van der Waals surface area (Å²) < 4.78 is 1.79. The standard InChI is InChI=1S/C14H19ClN4/c1-10(2)19-14(16-17-18-19)13(15)9-8-12-7-5-4-6-11(12)3/h4-7,10,13H,8-9H2,1-3H3. The summed E-state index contributed by atoms with van der Waals surface area (Å²) in [5, 5.41) is 11.6. The zero-order valence-corrected chi connectivity index (χ0v) is 12.3. The van der Waals surface area contributed by atoms with Gasteiger partial charge in [0.25, 0.3) is 0 Å². The molecule has 1 atom stereocenters. The summed E-state index contributed by atoms with van der Waals surface area (Å²) in [5.74, 6) is 0.755. The van der Waals surface area contributed by atoms with Crippen LogP contribution in [0.15, 0.2) is 24.3 Å². The molecule has 0 amide bonds. The van der Waals surface area contributed by atoms with Gasteiger partial charge in [-0.05, 0) is 55.2 Å². The minimum absolute atomic E-state index is 0.156. The molecule has 0 saturated carbocycles. The summed E-state index contributed by atoms with van der Waals surface area (Å²) in [6.07, 6.45) is 1.77. The molecule has 2 rings (SSSR count). The van der Waals surface area contributed by atoms with Crippen molar-refractivity contribution in [1.82, 2.24) is 20.2 Å². The number of nitrogens with zero attached hydrogens (tertiary/aromatic N) is 4. The van der Waals surface area contributed by atoms with E-state index in [0.29, 0.717) is 0 Å². The van der Waals surface area contributed by atoms with Gasteiger partial charge in [0.15, 0.2) is 5.82 Å². The second-order valence-corrected chi connectivity index (χ2v) is 5.53. The molecule has 1 aromatic heterocycles. The lowest BCUT2D eigenvalue weighted by molar-refractivity contribution is 0.487. The quantitative estimate of drug-likeness (QED) is 0.787. The van der Waals surface area contributed by atoms with Gasteiger partial charge in [-0.3, -0.25) is 0 Å². The monoisotopic (exact) mass is 278 g/mol. The molecule has 0 aliphatic carbocycles. The van der Waals surface area contributed by atoms with Gasteiger partial charge < -0.3 is 0 Å². The Bertz CT molecular complexity index is 536. The second-order valence-electron chi connectivity index (χ2n) is 5.01. The van der Waals surface area contributed by atoms with Gasteiger partial charge in [-0.2, -0.15) is 0 Å². The normalized spacial score (nSPS) is 12.9. The van der Waals surface area contributed by atoms with E-state index in [2.05, 4.69) is 46.7 Å². The number of aromatic nitrogens is 4. The van der Waals surface area contributed by atoms with Crippen molar-refractivity contribution < 1.29 is 0 Å². The molecule has 0 radical (unpaired) electrons. The minimum atomic E-state index is -0.156. The van der Waals surface area contributed by atoms with Crippen molar-refractivity contribution in [2.45, 2.75) is 45.0 Å². The highest BCUT2D eigenvalue weighted by Crippen LogP contribution is 2.25. The molecule has 0 aliphatic heterocycles. The van der Waals surface area contributed by atoms with Gasteiger partial charge in [0.05, 0.1) is 11.4 Å². The molecule has 0 bridgehead atoms. The molecular formula is C14H19ClN4. The molecule has 1 heterocycles. The Morgan fingerprint density at radius 2 is 2.00 bits per heavy atom. The zero-order chi connectivity index (χ0) is 13.8. The first kappa shape index (κ1) is 14.0. The van der Waals surface area contributed by atoms with Gasteiger partial charge in [-0.1, -0.05) is 24.3 Å². The SMILES string of the molecule is Cc1ccccc1CCC(Cl)c1nnnn1C(C)C. The van der Waals surface area contributed by atoms with Gasteiger partial charge in [0.2, 0.25) is 0 Å². The summed E-state index contributed by atoms with van der Waals surface area (Å²) in [6.45, 7) is 6.21. The van der Waals surface area contributed by atoms with E-state index in [4.69, 9.17) is 11.6 Å². The summed E-state index contributed by atoms with van der Waals surface area (Å²) >= 11 is 6.44. The summed E-state index contributed by atoms with van der Waals surface area (Å²) in [4.78, 5) is 0. The Morgan fingerprint density at radius 3 is 2.68 bits per heavy atom. The third-order valence-electron chi connectivity index (χ3n) is 3.22. The zero-order valence-electron chi connectivity index (χ0n) is 11.5. The van der Waals surface area contributed by atoms with Gasteiger partial charge in [-0.25, -0.2) is 4.68 Å². The molecule has 0 N–H and O–H groups in total. The number of hydrogen-bond donors (Lipinski definition) is 0. The largest absolute Gasteiger partial charge is 0.226 e. The molecule has 0 saturated heterocycles. The minimum Gasteiger partial charge on any atom is -0.226 e. The van der Waals surface area contributed by atoms with Crippen LogP contribution >= 0.6 is 11.6 Å². The van der Waals surface area contributed by atoms with E-state index in [1.54, 1.807) is 4.68 Å². The maximum atomic E-state index is 6.44. The second kappa shape index (κ2) is 6.15. The average molecular weight is 279 g/mol. The smallest absolute Gasteiger partial charge is 0.169 e. The molecule has 0 fully saturated rings. The number of halogens is 1. The molecule has 0 aliphatic rings. The lowest BCUT2D eigenvalue weighted by atomic mass is 10.0. The Hall–Kier alpha value is -1.42. The van der Waals surface area contributed by atoms with Crippen LogP contribution in [0.1, 0.15) is 48.6 Å². The Morgan fingerprint density at radius 1 is 1.26 bits per heavy atom. The van der Waals surface area contributed by atoms with Crippen LogP contribution < -0.4 is 0 Å². The first-order valence-electron chi connectivity index (χ1n) is 6.56. The number of alkyl halides is 1. The van der Waals surface area contributed by atoms with Crippen LogP contribution in [0.5, 0.6) is 0 Å².